The second-order valence-corrected chi connectivity index (χ2v) is 8.76. The number of benzene rings is 1. The SMILES string of the molecule is Cc1nc(CC(=O)NC2(C(F)F)CC2)c(C2OCCO2)c(NCc2cccc(C(C)(F)F)c2F)n1. The number of alkyl halides is 4. The summed E-state index contributed by atoms with van der Waals surface area (Å²) in [6.07, 6.45) is -3.58. The summed E-state index contributed by atoms with van der Waals surface area (Å²) >= 11 is 0. The van der Waals surface area contributed by atoms with Gasteiger partial charge in [-0.2, -0.15) is 0 Å². The molecule has 2 aromatic rings. The Morgan fingerprint density at radius 2 is 1.91 bits per heavy atom. The molecule has 2 N–H and O–H groups in total. The van der Waals surface area contributed by atoms with Gasteiger partial charge in [0.2, 0.25) is 5.91 Å². The largest absolute Gasteiger partial charge is 0.365 e. The molecular formula is C23H25F5N4O3. The molecule has 2 heterocycles. The maximum Gasteiger partial charge on any atom is 0.273 e. The second kappa shape index (κ2) is 9.65. The average Bonchev–Trinajstić information content (AvgIpc) is 3.35. The molecular weight excluding hydrogens is 475 g/mol. The molecule has 1 aliphatic carbocycles. The number of aryl methyl sites for hydroxylation is 1. The minimum absolute atomic E-state index is 0.0219. The molecule has 12 heteroatoms. The fourth-order valence-electron chi connectivity index (χ4n) is 3.92. The lowest BCUT2D eigenvalue weighted by Gasteiger charge is -2.21. The maximum atomic E-state index is 14.7. The van der Waals surface area contributed by atoms with E-state index in [4.69, 9.17) is 9.47 Å². The van der Waals surface area contributed by atoms with Crippen LogP contribution in [0, 0.1) is 12.7 Å². The summed E-state index contributed by atoms with van der Waals surface area (Å²) in [6, 6.07) is 3.71. The Hall–Kier alpha value is -2.86. The number of halogens is 5. The normalized spacial score (nSPS) is 17.6. The lowest BCUT2D eigenvalue weighted by molar-refractivity contribution is -0.122. The van der Waals surface area contributed by atoms with Crippen molar-refractivity contribution in [3.63, 3.8) is 0 Å². The monoisotopic (exact) mass is 500 g/mol. The zero-order valence-electron chi connectivity index (χ0n) is 19.1. The average molecular weight is 500 g/mol. The first-order chi connectivity index (χ1) is 16.5. The van der Waals surface area contributed by atoms with Crippen LogP contribution in [0.5, 0.6) is 0 Å². The Bertz CT molecular complexity index is 1100. The predicted octanol–water partition coefficient (Wildman–Crippen LogP) is 4.15. The van der Waals surface area contributed by atoms with E-state index in [1.54, 1.807) is 6.92 Å². The van der Waals surface area contributed by atoms with E-state index in [1.165, 1.54) is 12.1 Å². The standard InChI is InChI=1S/C23H25F5N4O3/c1-12-30-15(10-16(33)32-23(6-7-23)21(25)26)17(20-34-8-9-35-20)19(31-12)29-11-13-4-3-5-14(18(13)24)22(2,27)28/h3-5,20-21H,6-11H2,1-2H3,(H,32,33)(H,29,30,31). The molecule has 7 nitrogen and oxygen atoms in total. The minimum atomic E-state index is -3.36. The van der Waals surface area contributed by atoms with Crippen LogP contribution in [-0.4, -0.2) is 41.1 Å². The summed E-state index contributed by atoms with van der Waals surface area (Å²) in [5.41, 5.74) is -1.80. The van der Waals surface area contributed by atoms with Crippen molar-refractivity contribution in [2.24, 2.45) is 0 Å². The summed E-state index contributed by atoms with van der Waals surface area (Å²) in [5, 5.41) is 5.30. The Labute approximate surface area is 198 Å². The van der Waals surface area contributed by atoms with Gasteiger partial charge in [-0.15, -0.1) is 0 Å². The lowest BCUT2D eigenvalue weighted by Crippen LogP contribution is -2.43. The van der Waals surface area contributed by atoms with Crippen LogP contribution in [-0.2, 0) is 33.2 Å². The summed E-state index contributed by atoms with van der Waals surface area (Å²) in [5.74, 6) is -4.64. The van der Waals surface area contributed by atoms with Crippen molar-refractivity contribution in [2.45, 2.75) is 63.8 Å². The zero-order valence-corrected chi connectivity index (χ0v) is 19.1. The van der Waals surface area contributed by atoms with Gasteiger partial charge in [-0.1, -0.05) is 18.2 Å². The maximum absolute atomic E-state index is 14.7. The van der Waals surface area contributed by atoms with Crippen molar-refractivity contribution in [3.05, 3.63) is 52.2 Å². The van der Waals surface area contributed by atoms with Crippen LogP contribution in [0.3, 0.4) is 0 Å². The van der Waals surface area contributed by atoms with Crippen LogP contribution in [0.2, 0.25) is 0 Å². The molecule has 0 spiro atoms. The predicted molar refractivity (Wildman–Crippen MR) is 115 cm³/mol. The number of carbonyl (C=O) groups excluding carboxylic acids is 1. The molecule has 2 fully saturated rings. The van der Waals surface area contributed by atoms with Crippen LogP contribution in [0.25, 0.3) is 0 Å². The summed E-state index contributed by atoms with van der Waals surface area (Å²) < 4.78 is 79.8. The Morgan fingerprint density at radius 1 is 1.23 bits per heavy atom. The quantitative estimate of drug-likeness (QED) is 0.504. The van der Waals surface area contributed by atoms with Crippen LogP contribution in [0.4, 0.5) is 27.8 Å². The lowest BCUT2D eigenvalue weighted by atomic mass is 10.0. The molecule has 1 saturated carbocycles. The molecule has 0 radical (unpaired) electrons. The highest BCUT2D eigenvalue weighted by Gasteiger charge is 2.52. The fourth-order valence-corrected chi connectivity index (χ4v) is 3.92. The fraction of sp³-hybridized carbons (Fsp3) is 0.522. The number of carbonyl (C=O) groups is 1. The van der Waals surface area contributed by atoms with Crippen molar-refractivity contribution in [3.8, 4) is 0 Å². The summed E-state index contributed by atoms with van der Waals surface area (Å²) in [4.78, 5) is 21.2. The van der Waals surface area contributed by atoms with Crippen LogP contribution in [0.15, 0.2) is 18.2 Å². The van der Waals surface area contributed by atoms with E-state index in [1.807, 2.05) is 0 Å². The minimum Gasteiger partial charge on any atom is -0.365 e. The van der Waals surface area contributed by atoms with Gasteiger partial charge in [0.05, 0.1) is 36.5 Å². The zero-order chi connectivity index (χ0) is 25.4. The van der Waals surface area contributed by atoms with Gasteiger partial charge in [0.1, 0.15) is 23.0 Å². The van der Waals surface area contributed by atoms with Gasteiger partial charge in [0, 0.05) is 19.0 Å². The first kappa shape index (κ1) is 25.2. The van der Waals surface area contributed by atoms with Gasteiger partial charge < -0.3 is 20.1 Å². The van der Waals surface area contributed by atoms with E-state index in [0.29, 0.717) is 6.92 Å². The molecule has 0 unspecified atom stereocenters. The number of nitrogens with zero attached hydrogens (tertiary/aromatic N) is 2. The van der Waals surface area contributed by atoms with E-state index < -0.39 is 41.5 Å². The van der Waals surface area contributed by atoms with Crippen LogP contribution >= 0.6 is 0 Å². The smallest absolute Gasteiger partial charge is 0.273 e. The van der Waals surface area contributed by atoms with E-state index >= 15 is 0 Å². The van der Waals surface area contributed by atoms with E-state index in [9.17, 15) is 26.7 Å². The third kappa shape index (κ3) is 5.53. The Balaban J connectivity index is 1.61. The van der Waals surface area contributed by atoms with Crippen molar-refractivity contribution in [2.75, 3.05) is 18.5 Å². The topological polar surface area (TPSA) is 85.4 Å². The van der Waals surface area contributed by atoms with Gasteiger partial charge in [-0.3, -0.25) is 4.79 Å². The molecule has 1 amide bonds. The number of rotatable bonds is 9. The highest BCUT2D eigenvalue weighted by molar-refractivity contribution is 5.80. The van der Waals surface area contributed by atoms with Crippen molar-refractivity contribution in [1.29, 1.82) is 0 Å². The highest BCUT2D eigenvalue weighted by Crippen LogP contribution is 2.41. The van der Waals surface area contributed by atoms with Gasteiger partial charge in [0.15, 0.2) is 6.29 Å². The number of nitrogens with one attached hydrogen (secondary N) is 2. The second-order valence-electron chi connectivity index (χ2n) is 8.76. The molecule has 0 atom stereocenters. The number of amides is 1. The van der Waals surface area contributed by atoms with Crippen molar-refractivity contribution >= 4 is 11.7 Å². The Morgan fingerprint density at radius 3 is 2.51 bits per heavy atom. The van der Waals surface area contributed by atoms with Crippen molar-refractivity contribution in [1.82, 2.24) is 15.3 Å². The van der Waals surface area contributed by atoms with Gasteiger partial charge in [0.25, 0.3) is 12.3 Å². The summed E-state index contributed by atoms with van der Waals surface area (Å²) in [6.45, 7) is 2.50. The molecule has 4 rings (SSSR count). The number of hydrogen-bond acceptors (Lipinski definition) is 6. The van der Waals surface area contributed by atoms with E-state index in [0.717, 1.165) is 6.07 Å². The molecule has 1 saturated heterocycles. The van der Waals surface area contributed by atoms with E-state index in [-0.39, 0.29) is 67.5 Å². The van der Waals surface area contributed by atoms with Crippen LogP contribution < -0.4 is 10.6 Å². The van der Waals surface area contributed by atoms with E-state index in [2.05, 4.69) is 20.6 Å². The first-order valence-electron chi connectivity index (χ1n) is 11.1. The highest BCUT2D eigenvalue weighted by atomic mass is 19.3. The third-order valence-corrected chi connectivity index (χ3v) is 5.91. The van der Waals surface area contributed by atoms with Gasteiger partial charge in [-0.25, -0.2) is 31.9 Å². The number of hydrogen-bond donors (Lipinski definition) is 2. The molecule has 1 aliphatic heterocycles. The third-order valence-electron chi connectivity index (χ3n) is 5.91. The molecule has 2 aliphatic rings. The first-order valence-corrected chi connectivity index (χ1v) is 11.1. The molecule has 35 heavy (non-hydrogen) atoms. The van der Waals surface area contributed by atoms with Gasteiger partial charge in [-0.05, 0) is 19.8 Å². The summed E-state index contributed by atoms with van der Waals surface area (Å²) in [7, 11) is 0. The Kier molecular flexibility index (Phi) is 6.96. The number of ether oxygens (including phenoxy) is 2. The van der Waals surface area contributed by atoms with Crippen molar-refractivity contribution < 1.29 is 36.2 Å². The molecule has 190 valence electrons. The number of aromatic nitrogens is 2. The van der Waals surface area contributed by atoms with Crippen LogP contribution in [0.1, 0.15) is 54.3 Å². The van der Waals surface area contributed by atoms with Gasteiger partial charge >= 0.3 is 0 Å². The number of anilines is 1. The molecule has 0 bridgehead atoms. The molecule has 1 aromatic carbocycles. The molecule has 1 aromatic heterocycles.